The lowest BCUT2D eigenvalue weighted by Crippen LogP contribution is -2.34. The third-order valence-electron chi connectivity index (χ3n) is 4.81. The highest BCUT2D eigenvalue weighted by atomic mass is 32.1. The molecule has 0 aliphatic carbocycles. The molecule has 0 atom stereocenters. The van der Waals surface area contributed by atoms with Gasteiger partial charge in [-0.3, -0.25) is 9.59 Å². The number of nitrogens with zero attached hydrogens (tertiary/aromatic N) is 2. The van der Waals surface area contributed by atoms with E-state index in [0.717, 1.165) is 21.6 Å². The molecule has 0 radical (unpaired) electrons. The molecular weight excluding hydrogens is 436 g/mol. The van der Waals surface area contributed by atoms with Crippen molar-refractivity contribution in [2.45, 2.75) is 20.4 Å². The highest BCUT2D eigenvalue weighted by Crippen LogP contribution is 2.17. The van der Waals surface area contributed by atoms with Gasteiger partial charge in [0.2, 0.25) is 11.7 Å². The molecule has 4 aromatic rings. The summed E-state index contributed by atoms with van der Waals surface area (Å²) in [6.07, 6.45) is 1.64. The first-order valence-electron chi connectivity index (χ1n) is 10.3. The summed E-state index contributed by atoms with van der Waals surface area (Å²) in [5.74, 6) is -0.119. The Kier molecular flexibility index (Phi) is 6.75. The Morgan fingerprint density at radius 1 is 1.00 bits per heavy atom. The van der Waals surface area contributed by atoms with Gasteiger partial charge in [0, 0.05) is 16.0 Å². The fourth-order valence-electron chi connectivity index (χ4n) is 2.97. The summed E-state index contributed by atoms with van der Waals surface area (Å²) in [6, 6.07) is 18.6. The first kappa shape index (κ1) is 22.2. The summed E-state index contributed by atoms with van der Waals surface area (Å²) in [5.41, 5.74) is 3.59. The molecule has 7 nitrogen and oxygen atoms in total. The maximum absolute atomic E-state index is 12.9. The number of benzene rings is 2. The van der Waals surface area contributed by atoms with Gasteiger partial charge in [-0.25, -0.2) is 0 Å². The van der Waals surface area contributed by atoms with Gasteiger partial charge >= 0.3 is 0 Å². The normalized spacial score (nSPS) is 11.3. The Hall–Kier alpha value is -4.04. The van der Waals surface area contributed by atoms with E-state index in [-0.39, 0.29) is 24.0 Å². The average molecular weight is 459 g/mol. The molecule has 2 amide bonds. The summed E-state index contributed by atoms with van der Waals surface area (Å²) in [7, 11) is 0. The summed E-state index contributed by atoms with van der Waals surface area (Å²) in [6.45, 7) is 3.97. The Bertz CT molecular complexity index is 1270. The van der Waals surface area contributed by atoms with Crippen LogP contribution in [0.15, 0.2) is 76.3 Å². The van der Waals surface area contributed by atoms with Crippen molar-refractivity contribution < 1.29 is 14.1 Å². The number of hydrogen-bond donors (Lipinski definition) is 2. The predicted molar refractivity (Wildman–Crippen MR) is 127 cm³/mol. The van der Waals surface area contributed by atoms with Crippen LogP contribution >= 0.6 is 11.3 Å². The van der Waals surface area contributed by atoms with Crippen LogP contribution < -0.4 is 10.6 Å². The van der Waals surface area contributed by atoms with Gasteiger partial charge in [-0.2, -0.15) is 4.98 Å². The van der Waals surface area contributed by atoms with Crippen LogP contribution in [0.4, 0.5) is 0 Å². The van der Waals surface area contributed by atoms with E-state index in [1.807, 2.05) is 67.8 Å². The topological polar surface area (TPSA) is 97.1 Å². The summed E-state index contributed by atoms with van der Waals surface area (Å²) >= 11 is 1.46. The van der Waals surface area contributed by atoms with Crippen molar-refractivity contribution in [2.24, 2.45) is 0 Å². The number of amides is 2. The molecule has 166 valence electrons. The van der Waals surface area contributed by atoms with Crippen LogP contribution in [0.5, 0.6) is 0 Å². The molecule has 0 aliphatic heterocycles. The molecule has 2 aromatic carbocycles. The number of nitrogens with one attached hydrogen (secondary N) is 2. The van der Waals surface area contributed by atoms with Gasteiger partial charge in [0.05, 0.1) is 6.54 Å². The SMILES string of the molecule is Cc1ccc(C(=O)N/C(=C\c2cccs2)C(=O)NCc2nc(-c3ccc(C)cc3)no2)cc1. The van der Waals surface area contributed by atoms with Crippen LogP contribution in [-0.2, 0) is 11.3 Å². The van der Waals surface area contributed by atoms with Crippen molar-refractivity contribution in [3.05, 3.63) is 99.2 Å². The molecule has 0 unspecified atom stereocenters. The molecule has 0 fully saturated rings. The standard InChI is InChI=1S/C25H22N4O3S/c1-16-5-9-18(10-6-16)23-28-22(32-29-23)15-26-25(31)21(14-20-4-3-13-33-20)27-24(30)19-11-7-17(2)8-12-19/h3-14H,15H2,1-2H3,(H,26,31)(H,27,30)/b21-14-. The van der Waals surface area contributed by atoms with Crippen LogP contribution in [0, 0.1) is 13.8 Å². The quantitative estimate of drug-likeness (QED) is 0.398. The molecule has 33 heavy (non-hydrogen) atoms. The maximum Gasteiger partial charge on any atom is 0.268 e. The minimum atomic E-state index is -0.459. The van der Waals surface area contributed by atoms with E-state index in [1.165, 1.54) is 11.3 Å². The maximum atomic E-state index is 12.9. The largest absolute Gasteiger partial charge is 0.342 e. The van der Waals surface area contributed by atoms with E-state index < -0.39 is 5.91 Å². The number of thiophene rings is 1. The monoisotopic (exact) mass is 458 g/mol. The fourth-order valence-corrected chi connectivity index (χ4v) is 3.63. The number of carbonyl (C=O) groups is 2. The average Bonchev–Trinajstić information content (AvgIpc) is 3.50. The van der Waals surface area contributed by atoms with E-state index in [9.17, 15) is 9.59 Å². The molecule has 0 aliphatic rings. The van der Waals surface area contributed by atoms with Crippen LogP contribution in [0.3, 0.4) is 0 Å². The second kappa shape index (κ2) is 10.1. The summed E-state index contributed by atoms with van der Waals surface area (Å²) < 4.78 is 5.27. The Labute approximate surface area is 195 Å². The highest BCUT2D eigenvalue weighted by molar-refractivity contribution is 7.10. The van der Waals surface area contributed by atoms with E-state index in [4.69, 9.17) is 4.52 Å². The Morgan fingerprint density at radius 2 is 1.70 bits per heavy atom. The van der Waals surface area contributed by atoms with Gasteiger partial charge in [-0.15, -0.1) is 11.3 Å². The minimum absolute atomic E-state index is 0.0277. The molecule has 0 saturated carbocycles. The lowest BCUT2D eigenvalue weighted by molar-refractivity contribution is -0.118. The van der Waals surface area contributed by atoms with E-state index in [1.54, 1.807) is 18.2 Å². The van der Waals surface area contributed by atoms with E-state index >= 15 is 0 Å². The molecular formula is C25H22N4O3S. The number of hydrogen-bond acceptors (Lipinski definition) is 6. The van der Waals surface area contributed by atoms with E-state index in [2.05, 4.69) is 20.8 Å². The Morgan fingerprint density at radius 3 is 2.36 bits per heavy atom. The van der Waals surface area contributed by atoms with Crippen molar-refractivity contribution >= 4 is 29.2 Å². The third kappa shape index (κ3) is 5.81. The second-order valence-corrected chi connectivity index (χ2v) is 8.43. The molecule has 4 rings (SSSR count). The number of rotatable bonds is 7. The molecule has 0 spiro atoms. The van der Waals surface area contributed by atoms with Crippen LogP contribution in [0.1, 0.15) is 32.3 Å². The number of aromatic nitrogens is 2. The third-order valence-corrected chi connectivity index (χ3v) is 5.63. The molecule has 2 N–H and O–H groups in total. The zero-order chi connectivity index (χ0) is 23.2. The lowest BCUT2D eigenvalue weighted by Gasteiger charge is -2.10. The van der Waals surface area contributed by atoms with Crippen LogP contribution in [-0.4, -0.2) is 22.0 Å². The van der Waals surface area contributed by atoms with Crippen molar-refractivity contribution in [1.82, 2.24) is 20.8 Å². The molecule has 8 heteroatoms. The predicted octanol–water partition coefficient (Wildman–Crippen LogP) is 4.50. The first-order valence-corrected chi connectivity index (χ1v) is 11.2. The van der Waals surface area contributed by atoms with Crippen molar-refractivity contribution in [2.75, 3.05) is 0 Å². The number of aryl methyl sites for hydroxylation is 2. The highest BCUT2D eigenvalue weighted by Gasteiger charge is 2.16. The van der Waals surface area contributed by atoms with E-state index in [0.29, 0.717) is 11.4 Å². The fraction of sp³-hybridized carbons (Fsp3) is 0.120. The molecule has 0 bridgehead atoms. The molecule has 2 heterocycles. The lowest BCUT2D eigenvalue weighted by atomic mass is 10.1. The van der Waals surface area contributed by atoms with Gasteiger partial charge in [0.1, 0.15) is 5.70 Å². The summed E-state index contributed by atoms with van der Waals surface area (Å²) in [5, 5.41) is 11.3. The van der Waals surface area contributed by atoms with Gasteiger partial charge in [0.15, 0.2) is 0 Å². The zero-order valence-electron chi connectivity index (χ0n) is 18.2. The first-order chi connectivity index (χ1) is 16.0. The zero-order valence-corrected chi connectivity index (χ0v) is 19.0. The van der Waals surface area contributed by atoms with Gasteiger partial charge in [-0.1, -0.05) is 58.7 Å². The van der Waals surface area contributed by atoms with Gasteiger partial charge < -0.3 is 15.2 Å². The van der Waals surface area contributed by atoms with Crippen molar-refractivity contribution in [3.63, 3.8) is 0 Å². The second-order valence-electron chi connectivity index (χ2n) is 7.45. The van der Waals surface area contributed by atoms with Crippen molar-refractivity contribution in [1.29, 1.82) is 0 Å². The summed E-state index contributed by atoms with van der Waals surface area (Å²) in [4.78, 5) is 30.8. The molecule has 2 aromatic heterocycles. The number of carbonyl (C=O) groups excluding carboxylic acids is 2. The van der Waals surface area contributed by atoms with Gasteiger partial charge in [0.25, 0.3) is 11.8 Å². The minimum Gasteiger partial charge on any atom is -0.342 e. The van der Waals surface area contributed by atoms with Crippen LogP contribution in [0.25, 0.3) is 17.5 Å². The van der Waals surface area contributed by atoms with Crippen molar-refractivity contribution in [3.8, 4) is 11.4 Å². The van der Waals surface area contributed by atoms with Gasteiger partial charge in [-0.05, 0) is 43.5 Å². The Balaban J connectivity index is 1.46. The van der Waals surface area contributed by atoms with Crippen LogP contribution in [0.2, 0.25) is 0 Å². The smallest absolute Gasteiger partial charge is 0.268 e. The molecule has 0 saturated heterocycles.